The number of rotatable bonds is 7. The van der Waals surface area contributed by atoms with Crippen molar-refractivity contribution < 1.29 is 4.52 Å². The van der Waals surface area contributed by atoms with Crippen LogP contribution in [0.4, 0.5) is 0 Å². The Labute approximate surface area is 190 Å². The minimum absolute atomic E-state index is 0.479. The summed E-state index contributed by atoms with van der Waals surface area (Å²) in [5.74, 6) is 2.88. The summed E-state index contributed by atoms with van der Waals surface area (Å²) in [4.78, 5) is 5.90. The molecule has 0 radical (unpaired) electrons. The lowest BCUT2D eigenvalue weighted by atomic mass is 9.95. The second kappa shape index (κ2) is 9.36. The number of aromatic nitrogens is 5. The Balaban J connectivity index is 1.34. The van der Waals surface area contributed by atoms with Gasteiger partial charge in [0.15, 0.2) is 5.16 Å². The molecule has 8 heteroatoms. The van der Waals surface area contributed by atoms with Gasteiger partial charge in [0.25, 0.3) is 0 Å². The summed E-state index contributed by atoms with van der Waals surface area (Å²) in [6, 6.07) is 12.9. The van der Waals surface area contributed by atoms with E-state index in [1.54, 1.807) is 23.1 Å². The van der Waals surface area contributed by atoms with E-state index in [2.05, 4.69) is 61.5 Å². The van der Waals surface area contributed by atoms with E-state index in [1.807, 2.05) is 12.1 Å². The van der Waals surface area contributed by atoms with Crippen LogP contribution in [-0.4, -0.2) is 24.9 Å². The molecule has 5 rings (SSSR count). The quantitative estimate of drug-likeness (QED) is 0.317. The zero-order valence-electron chi connectivity index (χ0n) is 17.5. The first-order chi connectivity index (χ1) is 15.3. The van der Waals surface area contributed by atoms with E-state index < -0.39 is 0 Å². The normalized spacial score (nSPS) is 14.9. The van der Waals surface area contributed by atoms with E-state index >= 15 is 0 Å². The van der Waals surface area contributed by atoms with Gasteiger partial charge in [-0.1, -0.05) is 72.1 Å². The van der Waals surface area contributed by atoms with Gasteiger partial charge in [0, 0.05) is 22.9 Å². The van der Waals surface area contributed by atoms with E-state index in [0.29, 0.717) is 23.5 Å². The monoisotopic (exact) mass is 451 g/mol. The third-order valence-corrected chi connectivity index (χ3v) is 7.49. The van der Waals surface area contributed by atoms with Crippen LogP contribution in [-0.2, 0) is 12.2 Å². The maximum atomic E-state index is 5.51. The lowest BCUT2D eigenvalue weighted by Crippen LogP contribution is -2.16. The third-order valence-electron chi connectivity index (χ3n) is 5.69. The molecule has 0 amide bonds. The maximum Gasteiger partial charge on any atom is 0.237 e. The van der Waals surface area contributed by atoms with Crippen LogP contribution in [0, 0.1) is 6.92 Å². The van der Waals surface area contributed by atoms with Gasteiger partial charge in [0.1, 0.15) is 5.82 Å². The summed E-state index contributed by atoms with van der Waals surface area (Å²) >= 11 is 3.41. The first kappa shape index (κ1) is 20.5. The van der Waals surface area contributed by atoms with Crippen molar-refractivity contribution in [3.63, 3.8) is 0 Å². The van der Waals surface area contributed by atoms with Crippen molar-refractivity contribution in [2.24, 2.45) is 0 Å². The van der Waals surface area contributed by atoms with Gasteiger partial charge in [-0.15, -0.1) is 21.5 Å². The fraction of sp³-hybridized carbons (Fsp3) is 0.391. The summed E-state index contributed by atoms with van der Waals surface area (Å²) in [7, 11) is 0. The predicted molar refractivity (Wildman–Crippen MR) is 123 cm³/mol. The molecule has 1 saturated carbocycles. The predicted octanol–water partition coefficient (Wildman–Crippen LogP) is 6.09. The molecule has 0 bridgehead atoms. The molecule has 4 aromatic rings. The molecule has 1 aromatic carbocycles. The van der Waals surface area contributed by atoms with Gasteiger partial charge in [-0.05, 0) is 31.2 Å². The Morgan fingerprint density at radius 3 is 2.71 bits per heavy atom. The highest BCUT2D eigenvalue weighted by molar-refractivity contribution is 7.98. The number of aryl methyl sites for hydroxylation is 1. The van der Waals surface area contributed by atoms with Gasteiger partial charge in [-0.3, -0.25) is 0 Å². The smallest absolute Gasteiger partial charge is 0.237 e. The van der Waals surface area contributed by atoms with Crippen LogP contribution < -0.4 is 0 Å². The van der Waals surface area contributed by atoms with Crippen LogP contribution in [0.5, 0.6) is 0 Å². The second-order valence-corrected chi connectivity index (χ2v) is 9.96. The Hall–Kier alpha value is -2.45. The van der Waals surface area contributed by atoms with Gasteiger partial charge in [-0.25, -0.2) is 0 Å². The molecule has 3 aromatic heterocycles. The van der Waals surface area contributed by atoms with Crippen LogP contribution in [0.15, 0.2) is 51.5 Å². The zero-order valence-corrected chi connectivity index (χ0v) is 19.2. The summed E-state index contributed by atoms with van der Waals surface area (Å²) in [5.41, 5.74) is 2.18. The summed E-state index contributed by atoms with van der Waals surface area (Å²) < 4.78 is 7.89. The third kappa shape index (κ3) is 4.75. The van der Waals surface area contributed by atoms with Crippen LogP contribution in [0.3, 0.4) is 0 Å². The molecule has 6 nitrogen and oxygen atoms in total. The molecular weight excluding hydrogens is 426 g/mol. The number of hydrogen-bond donors (Lipinski definition) is 0. The average Bonchev–Trinajstić information content (AvgIpc) is 3.55. The van der Waals surface area contributed by atoms with Gasteiger partial charge in [0.05, 0.1) is 5.75 Å². The lowest BCUT2D eigenvalue weighted by molar-refractivity contribution is 0.330. The van der Waals surface area contributed by atoms with Gasteiger partial charge < -0.3 is 9.09 Å². The molecule has 0 unspecified atom stereocenters. The molecule has 0 atom stereocenters. The van der Waals surface area contributed by atoms with Crippen molar-refractivity contribution in [1.82, 2.24) is 24.9 Å². The molecular formula is C23H25N5OS2. The van der Waals surface area contributed by atoms with Crippen molar-refractivity contribution >= 4 is 23.1 Å². The molecule has 0 N–H and O–H groups in total. The van der Waals surface area contributed by atoms with Crippen LogP contribution in [0.1, 0.15) is 60.3 Å². The first-order valence-corrected chi connectivity index (χ1v) is 12.6. The molecule has 1 fully saturated rings. The minimum atomic E-state index is 0.479. The highest BCUT2D eigenvalue weighted by atomic mass is 32.2. The van der Waals surface area contributed by atoms with Crippen molar-refractivity contribution in [1.29, 1.82) is 0 Å². The van der Waals surface area contributed by atoms with Crippen LogP contribution >= 0.6 is 23.1 Å². The molecule has 0 aliphatic heterocycles. The number of hydrogen-bond acceptors (Lipinski definition) is 7. The van der Waals surface area contributed by atoms with Gasteiger partial charge in [-0.2, -0.15) is 4.98 Å². The number of thioether (sulfide) groups is 1. The van der Waals surface area contributed by atoms with E-state index in [9.17, 15) is 0 Å². The first-order valence-electron chi connectivity index (χ1n) is 10.7. The SMILES string of the molecule is Cc1ccc(-c2noc(CSc3nnc(Cc4cccs4)n3C3CCCCC3)n2)cc1. The molecule has 0 saturated heterocycles. The lowest BCUT2D eigenvalue weighted by Gasteiger charge is -2.25. The Morgan fingerprint density at radius 2 is 1.94 bits per heavy atom. The molecule has 0 spiro atoms. The summed E-state index contributed by atoms with van der Waals surface area (Å²) in [6.45, 7) is 2.07. The van der Waals surface area contributed by atoms with Crippen LogP contribution in [0.2, 0.25) is 0 Å². The summed E-state index contributed by atoms with van der Waals surface area (Å²) in [6.07, 6.45) is 7.09. The van der Waals surface area contributed by atoms with Crippen molar-refractivity contribution in [3.8, 4) is 11.4 Å². The van der Waals surface area contributed by atoms with Gasteiger partial charge >= 0.3 is 0 Å². The van der Waals surface area contributed by atoms with E-state index in [1.165, 1.54) is 42.5 Å². The number of thiophene rings is 1. The van der Waals surface area contributed by atoms with E-state index in [-0.39, 0.29) is 0 Å². The van der Waals surface area contributed by atoms with Crippen molar-refractivity contribution in [2.75, 3.05) is 0 Å². The molecule has 1 aliphatic rings. The minimum Gasteiger partial charge on any atom is -0.338 e. The second-order valence-electron chi connectivity index (χ2n) is 7.98. The highest BCUT2D eigenvalue weighted by Gasteiger charge is 2.24. The largest absolute Gasteiger partial charge is 0.338 e. The molecule has 31 heavy (non-hydrogen) atoms. The van der Waals surface area contributed by atoms with Crippen molar-refractivity contribution in [2.45, 2.75) is 62.4 Å². The molecule has 160 valence electrons. The fourth-order valence-corrected chi connectivity index (χ4v) is 5.62. The maximum absolute atomic E-state index is 5.51. The van der Waals surface area contributed by atoms with E-state index in [0.717, 1.165) is 23.0 Å². The number of nitrogens with zero attached hydrogens (tertiary/aromatic N) is 5. The topological polar surface area (TPSA) is 69.6 Å². The zero-order chi connectivity index (χ0) is 21.0. The Bertz CT molecular complexity index is 1110. The summed E-state index contributed by atoms with van der Waals surface area (Å²) in [5, 5.41) is 16.3. The van der Waals surface area contributed by atoms with Crippen LogP contribution in [0.25, 0.3) is 11.4 Å². The van der Waals surface area contributed by atoms with Gasteiger partial charge in [0.2, 0.25) is 11.7 Å². The Kier molecular flexibility index (Phi) is 6.18. The molecule has 3 heterocycles. The van der Waals surface area contributed by atoms with Crippen molar-refractivity contribution in [3.05, 3.63) is 63.9 Å². The average molecular weight is 452 g/mol. The highest BCUT2D eigenvalue weighted by Crippen LogP contribution is 2.34. The molecule has 1 aliphatic carbocycles. The fourth-order valence-electron chi connectivity index (χ4n) is 4.06. The Morgan fingerprint density at radius 1 is 1.10 bits per heavy atom. The van der Waals surface area contributed by atoms with E-state index in [4.69, 9.17) is 4.52 Å². The number of benzene rings is 1. The standard InChI is InChI=1S/C23H25N5OS2/c1-16-9-11-17(12-10-16)22-24-21(29-27-22)15-31-23-26-25-20(14-19-8-5-13-30-19)28(23)18-6-3-2-4-7-18/h5,8-13,18H,2-4,6-7,14-15H2,1H3.